The molecule has 13 heavy (non-hydrogen) atoms. The van der Waals surface area contributed by atoms with Gasteiger partial charge in [-0.1, -0.05) is 32.4 Å². The second-order valence-corrected chi connectivity index (χ2v) is 7.90. The van der Waals surface area contributed by atoms with Crippen molar-refractivity contribution in [1.82, 2.24) is 0 Å². The zero-order valence-electron chi connectivity index (χ0n) is 10.0. The zero-order valence-corrected chi connectivity index (χ0v) is 10.9. The first-order chi connectivity index (χ1) is 5.13. The summed E-state index contributed by atoms with van der Waals surface area (Å²) in [6, 6.07) is 0. The lowest BCUT2D eigenvalue weighted by atomic mass is 9.99. The lowest BCUT2D eigenvalue weighted by molar-refractivity contribution is 0.571. The van der Waals surface area contributed by atoms with Gasteiger partial charge in [0.2, 0.25) is 0 Å². The number of hydrogen-bond acceptors (Lipinski definition) is 0. The second-order valence-electron chi connectivity index (χ2n) is 5.22. The van der Waals surface area contributed by atoms with Crippen LogP contribution in [0.15, 0.2) is 0 Å². The van der Waals surface area contributed by atoms with Gasteiger partial charge in [-0.2, -0.15) is 0 Å². The number of hydrogen-bond donors (Lipinski definition) is 0. The third kappa shape index (κ3) is 8.39. The van der Waals surface area contributed by atoms with Gasteiger partial charge in [0, 0.05) is 13.8 Å². The highest BCUT2D eigenvalue weighted by Crippen LogP contribution is 2.44. The molecule has 1 atom stereocenters. The SMILES string of the molecule is C[P@@](C#CC(C)(C)C)C(C)(C)C.[B]. The van der Waals surface area contributed by atoms with Crippen LogP contribution in [0, 0.1) is 17.0 Å². The third-order valence-corrected chi connectivity index (χ3v) is 4.06. The van der Waals surface area contributed by atoms with Crippen LogP contribution >= 0.6 is 7.92 Å². The lowest BCUT2D eigenvalue weighted by Crippen LogP contribution is -2.09. The molecule has 0 N–H and O–H groups in total. The minimum absolute atomic E-state index is 0. The summed E-state index contributed by atoms with van der Waals surface area (Å²) in [5, 5.41) is 0.369. The molecule has 0 rings (SSSR count). The molecule has 73 valence electrons. The van der Waals surface area contributed by atoms with E-state index in [1.54, 1.807) is 0 Å². The van der Waals surface area contributed by atoms with E-state index in [0.717, 1.165) is 0 Å². The average Bonchev–Trinajstić information content (AvgIpc) is 1.78. The van der Waals surface area contributed by atoms with Crippen molar-refractivity contribution in [2.45, 2.75) is 46.7 Å². The van der Waals surface area contributed by atoms with Gasteiger partial charge in [-0.15, -0.1) is 0 Å². The summed E-state index contributed by atoms with van der Waals surface area (Å²) in [6.45, 7) is 15.5. The molecule has 0 nitrogen and oxygen atoms in total. The second kappa shape index (κ2) is 5.06. The highest BCUT2D eigenvalue weighted by molar-refractivity contribution is 7.63. The monoisotopic (exact) mass is 195 g/mol. The quantitative estimate of drug-likeness (QED) is 0.315. The molecular weight excluding hydrogens is 174 g/mol. The molecule has 0 saturated heterocycles. The van der Waals surface area contributed by atoms with Crippen molar-refractivity contribution in [1.29, 1.82) is 0 Å². The predicted molar refractivity (Wildman–Crippen MR) is 65.6 cm³/mol. The Morgan fingerprint density at radius 3 is 1.54 bits per heavy atom. The van der Waals surface area contributed by atoms with E-state index >= 15 is 0 Å². The molecule has 0 amide bonds. The molecule has 0 unspecified atom stereocenters. The van der Waals surface area contributed by atoms with Gasteiger partial charge in [-0.3, -0.25) is 0 Å². The van der Waals surface area contributed by atoms with Crippen LogP contribution in [0.1, 0.15) is 41.5 Å². The highest BCUT2D eigenvalue weighted by atomic mass is 31.1. The Balaban J connectivity index is 0. The van der Waals surface area contributed by atoms with Crippen molar-refractivity contribution in [2.24, 2.45) is 5.41 Å². The van der Waals surface area contributed by atoms with E-state index in [4.69, 9.17) is 0 Å². The van der Waals surface area contributed by atoms with Crippen molar-refractivity contribution in [3.8, 4) is 11.6 Å². The fourth-order valence-corrected chi connectivity index (χ4v) is 1.26. The summed E-state index contributed by atoms with van der Waals surface area (Å²) in [5.41, 5.74) is 3.53. The molecule has 0 aliphatic heterocycles. The van der Waals surface area contributed by atoms with Gasteiger partial charge >= 0.3 is 0 Å². The molecule has 0 fully saturated rings. The Hall–Kier alpha value is 0.0549. The maximum Gasteiger partial charge on any atom is 0.0233 e. The first-order valence-corrected chi connectivity index (χ1v) is 6.18. The summed E-state index contributed by atoms with van der Waals surface area (Å²) in [7, 11) is -0.147. The largest absolute Gasteiger partial charge is 0.0927 e. The van der Waals surface area contributed by atoms with E-state index in [2.05, 4.69) is 59.8 Å². The third-order valence-electron chi connectivity index (χ3n) is 1.60. The van der Waals surface area contributed by atoms with Gasteiger partial charge in [0.25, 0.3) is 0 Å². The standard InChI is InChI=1S/C11H21P.B/c1-10(2,3)8-9-12(7)11(4,5)6;/h1-7H3;/t12-;/m0./s1. The predicted octanol–water partition coefficient (Wildman–Crippen LogP) is 3.52. The summed E-state index contributed by atoms with van der Waals surface area (Å²) < 4.78 is 0. The van der Waals surface area contributed by atoms with E-state index in [0.29, 0.717) is 5.16 Å². The van der Waals surface area contributed by atoms with Crippen molar-refractivity contribution >= 4 is 16.3 Å². The van der Waals surface area contributed by atoms with E-state index < -0.39 is 0 Å². The van der Waals surface area contributed by atoms with E-state index in [1.807, 2.05) is 0 Å². The average molecular weight is 195 g/mol. The van der Waals surface area contributed by atoms with Crippen molar-refractivity contribution in [3.63, 3.8) is 0 Å². The maximum absolute atomic E-state index is 3.38. The van der Waals surface area contributed by atoms with Crippen LogP contribution in [-0.2, 0) is 0 Å². The van der Waals surface area contributed by atoms with Gasteiger partial charge in [0.05, 0.1) is 0 Å². The molecule has 0 aromatic heterocycles. The molecule has 0 aliphatic rings. The topological polar surface area (TPSA) is 0 Å². The minimum atomic E-state index is -0.147. The highest BCUT2D eigenvalue weighted by Gasteiger charge is 2.17. The molecule has 0 aromatic rings. The van der Waals surface area contributed by atoms with Crippen LogP contribution in [0.3, 0.4) is 0 Å². The van der Waals surface area contributed by atoms with Crippen LogP contribution in [0.2, 0.25) is 0 Å². The Bertz CT molecular complexity index is 197. The fraction of sp³-hybridized carbons (Fsp3) is 0.818. The molecule has 0 saturated carbocycles. The Kier molecular flexibility index (Phi) is 6.05. The van der Waals surface area contributed by atoms with Gasteiger partial charge in [0.15, 0.2) is 0 Å². The van der Waals surface area contributed by atoms with Crippen LogP contribution in [-0.4, -0.2) is 20.2 Å². The minimum Gasteiger partial charge on any atom is -0.0927 e. The van der Waals surface area contributed by atoms with E-state index in [-0.39, 0.29) is 21.7 Å². The summed E-state index contributed by atoms with van der Waals surface area (Å²) in [4.78, 5) is 0. The molecule has 2 heteroatoms. The van der Waals surface area contributed by atoms with Crippen molar-refractivity contribution < 1.29 is 0 Å². The molecule has 0 bridgehead atoms. The van der Waals surface area contributed by atoms with Gasteiger partial charge in [-0.05, 0) is 40.5 Å². The molecule has 0 aliphatic carbocycles. The summed E-state index contributed by atoms with van der Waals surface area (Å²) >= 11 is 0. The van der Waals surface area contributed by atoms with Gasteiger partial charge in [0.1, 0.15) is 0 Å². The Morgan fingerprint density at radius 1 is 0.923 bits per heavy atom. The van der Waals surface area contributed by atoms with E-state index in [9.17, 15) is 0 Å². The Labute approximate surface area is 87.2 Å². The lowest BCUT2D eigenvalue weighted by Gasteiger charge is -2.23. The molecule has 0 heterocycles. The summed E-state index contributed by atoms with van der Waals surface area (Å²) in [5.74, 6) is 3.31. The van der Waals surface area contributed by atoms with Crippen LogP contribution in [0.25, 0.3) is 0 Å². The summed E-state index contributed by atoms with van der Waals surface area (Å²) in [6.07, 6.45) is 0. The van der Waals surface area contributed by atoms with Gasteiger partial charge in [-0.25, -0.2) is 0 Å². The van der Waals surface area contributed by atoms with Gasteiger partial charge < -0.3 is 0 Å². The molecule has 0 aromatic carbocycles. The molecular formula is C11H21BP. The van der Waals surface area contributed by atoms with Crippen LogP contribution in [0.5, 0.6) is 0 Å². The first kappa shape index (κ1) is 15.5. The first-order valence-electron chi connectivity index (χ1n) is 4.39. The maximum atomic E-state index is 3.38. The van der Waals surface area contributed by atoms with Crippen LogP contribution < -0.4 is 0 Å². The smallest absolute Gasteiger partial charge is 0.0233 e. The van der Waals surface area contributed by atoms with Crippen molar-refractivity contribution in [3.05, 3.63) is 0 Å². The fourth-order valence-electron chi connectivity index (χ4n) is 0.419. The molecule has 3 radical (unpaired) electrons. The normalized spacial score (nSPS) is 13.8. The molecule has 0 spiro atoms. The zero-order chi connectivity index (χ0) is 9.99. The Morgan fingerprint density at radius 2 is 1.31 bits per heavy atom. The van der Waals surface area contributed by atoms with Crippen molar-refractivity contribution in [2.75, 3.05) is 6.66 Å². The van der Waals surface area contributed by atoms with E-state index in [1.165, 1.54) is 0 Å². The van der Waals surface area contributed by atoms with Crippen LogP contribution in [0.4, 0.5) is 0 Å². The number of rotatable bonds is 0.